The van der Waals surface area contributed by atoms with Crippen molar-refractivity contribution in [3.05, 3.63) is 57.3 Å². The van der Waals surface area contributed by atoms with Crippen LogP contribution in [0.4, 0.5) is 4.39 Å². The molecule has 0 radical (unpaired) electrons. The largest absolute Gasteiger partial charge is 0.478 e. The summed E-state index contributed by atoms with van der Waals surface area (Å²) < 4.78 is 15.0. The summed E-state index contributed by atoms with van der Waals surface area (Å²) in [5, 5.41) is 13.6. The Balaban J connectivity index is 2.30. The van der Waals surface area contributed by atoms with Gasteiger partial charge in [-0.2, -0.15) is 0 Å². The fourth-order valence-corrected chi connectivity index (χ4v) is 2.74. The predicted octanol–water partition coefficient (Wildman–Crippen LogP) is 2.96. The Labute approximate surface area is 136 Å². The van der Waals surface area contributed by atoms with E-state index in [0.717, 1.165) is 0 Å². The van der Waals surface area contributed by atoms with Crippen molar-refractivity contribution in [3.8, 4) is 11.4 Å². The molecular formula is C17H16FN3O3. The highest BCUT2D eigenvalue weighted by molar-refractivity contribution is 5.92. The number of H-pyrrole nitrogens is 1. The average molecular weight is 329 g/mol. The number of halogens is 1. The van der Waals surface area contributed by atoms with Gasteiger partial charge in [-0.15, -0.1) is 5.10 Å². The third-order valence-electron chi connectivity index (χ3n) is 3.93. The molecule has 0 aliphatic heterocycles. The summed E-state index contributed by atoms with van der Waals surface area (Å²) in [6.45, 7) is 5.26. The van der Waals surface area contributed by atoms with Crippen molar-refractivity contribution < 1.29 is 14.3 Å². The third kappa shape index (κ3) is 2.47. The molecule has 6 nitrogen and oxygen atoms in total. The molecule has 124 valence electrons. The number of hydrogen-bond acceptors (Lipinski definition) is 3. The van der Waals surface area contributed by atoms with Crippen LogP contribution in [-0.2, 0) is 0 Å². The number of fused-ring (bicyclic) bond motifs is 1. The molecule has 0 fully saturated rings. The highest BCUT2D eigenvalue weighted by atomic mass is 19.1. The standard InChI is InChI=1S/C17H16FN3O3/c1-8(2)13-11(17(23)24)7-21-14(13)16(22)19-15(20-21)10-5-4-9(3)12(18)6-10/h4-8H,1-3H3,(H,23,24)(H,19,20,22). The molecule has 3 aromatic rings. The Morgan fingerprint density at radius 3 is 2.67 bits per heavy atom. The van der Waals surface area contributed by atoms with Crippen LogP contribution in [0, 0.1) is 12.7 Å². The third-order valence-corrected chi connectivity index (χ3v) is 3.93. The molecule has 0 aliphatic rings. The maximum absolute atomic E-state index is 13.8. The van der Waals surface area contributed by atoms with E-state index in [0.29, 0.717) is 16.7 Å². The summed E-state index contributed by atoms with van der Waals surface area (Å²) in [6.07, 6.45) is 1.32. The van der Waals surface area contributed by atoms with E-state index in [1.54, 1.807) is 19.1 Å². The van der Waals surface area contributed by atoms with Gasteiger partial charge in [0.25, 0.3) is 5.56 Å². The first-order valence-corrected chi connectivity index (χ1v) is 7.45. The van der Waals surface area contributed by atoms with Gasteiger partial charge in [0.05, 0.1) is 5.56 Å². The van der Waals surface area contributed by atoms with Crippen molar-refractivity contribution >= 4 is 11.5 Å². The Kier molecular flexibility index (Phi) is 3.71. The van der Waals surface area contributed by atoms with E-state index in [2.05, 4.69) is 10.1 Å². The van der Waals surface area contributed by atoms with Crippen molar-refractivity contribution in [1.29, 1.82) is 0 Å². The van der Waals surface area contributed by atoms with Crippen molar-refractivity contribution in [1.82, 2.24) is 14.6 Å². The Morgan fingerprint density at radius 1 is 1.38 bits per heavy atom. The summed E-state index contributed by atoms with van der Waals surface area (Å²) in [4.78, 5) is 26.5. The molecule has 7 heteroatoms. The number of nitrogens with one attached hydrogen (secondary N) is 1. The molecule has 0 unspecified atom stereocenters. The zero-order chi connectivity index (χ0) is 17.6. The molecule has 2 aromatic heterocycles. The van der Waals surface area contributed by atoms with Crippen LogP contribution in [0.2, 0.25) is 0 Å². The van der Waals surface area contributed by atoms with Gasteiger partial charge < -0.3 is 10.1 Å². The predicted molar refractivity (Wildman–Crippen MR) is 87.0 cm³/mol. The lowest BCUT2D eigenvalue weighted by Gasteiger charge is -2.06. The lowest BCUT2D eigenvalue weighted by atomic mass is 10.0. The zero-order valence-electron chi connectivity index (χ0n) is 13.4. The number of carboxylic acid groups (broad SMARTS) is 1. The molecular weight excluding hydrogens is 313 g/mol. The first-order valence-electron chi connectivity index (χ1n) is 7.45. The molecule has 0 spiro atoms. The monoisotopic (exact) mass is 329 g/mol. The zero-order valence-corrected chi connectivity index (χ0v) is 13.4. The number of aromatic amines is 1. The fraction of sp³-hybridized carbons (Fsp3) is 0.235. The summed E-state index contributed by atoms with van der Waals surface area (Å²) in [5.74, 6) is -1.51. The Bertz CT molecular complexity index is 1020. The van der Waals surface area contributed by atoms with Crippen LogP contribution in [0.5, 0.6) is 0 Å². The smallest absolute Gasteiger partial charge is 0.337 e. The fourth-order valence-electron chi connectivity index (χ4n) is 2.74. The minimum atomic E-state index is -1.12. The van der Waals surface area contributed by atoms with Gasteiger partial charge in [0.1, 0.15) is 11.3 Å². The van der Waals surface area contributed by atoms with Crippen LogP contribution in [-0.4, -0.2) is 25.7 Å². The molecule has 0 atom stereocenters. The number of nitrogens with zero attached hydrogens (tertiary/aromatic N) is 2. The van der Waals surface area contributed by atoms with Crippen molar-refractivity contribution in [2.45, 2.75) is 26.7 Å². The molecule has 0 bridgehead atoms. The number of benzene rings is 1. The topological polar surface area (TPSA) is 87.5 Å². The number of aromatic carboxylic acids is 1. The van der Waals surface area contributed by atoms with Crippen molar-refractivity contribution in [2.24, 2.45) is 0 Å². The lowest BCUT2D eigenvalue weighted by Crippen LogP contribution is -2.15. The van der Waals surface area contributed by atoms with Gasteiger partial charge in [-0.05, 0) is 24.5 Å². The maximum atomic E-state index is 13.8. The quantitative estimate of drug-likeness (QED) is 0.773. The number of aryl methyl sites for hydroxylation is 1. The van der Waals surface area contributed by atoms with Crippen LogP contribution in [0.1, 0.15) is 41.3 Å². The van der Waals surface area contributed by atoms with Gasteiger partial charge in [-0.3, -0.25) is 4.79 Å². The molecule has 2 N–H and O–H groups in total. The molecule has 0 saturated heterocycles. The van der Waals surface area contributed by atoms with E-state index in [4.69, 9.17) is 0 Å². The summed E-state index contributed by atoms with van der Waals surface area (Å²) >= 11 is 0. The van der Waals surface area contributed by atoms with E-state index < -0.39 is 17.3 Å². The van der Waals surface area contributed by atoms with E-state index in [1.807, 2.05) is 13.8 Å². The van der Waals surface area contributed by atoms with Crippen LogP contribution in [0.15, 0.2) is 29.2 Å². The first-order chi connectivity index (χ1) is 11.3. The van der Waals surface area contributed by atoms with E-state index in [9.17, 15) is 19.1 Å². The van der Waals surface area contributed by atoms with E-state index >= 15 is 0 Å². The van der Waals surface area contributed by atoms with Crippen LogP contribution < -0.4 is 5.56 Å². The normalized spacial score (nSPS) is 11.4. The van der Waals surface area contributed by atoms with Gasteiger partial charge in [0.15, 0.2) is 5.82 Å². The molecule has 0 aliphatic carbocycles. The summed E-state index contributed by atoms with van der Waals surface area (Å²) in [7, 11) is 0. The van der Waals surface area contributed by atoms with Gasteiger partial charge >= 0.3 is 5.97 Å². The average Bonchev–Trinajstić information content (AvgIpc) is 2.90. The number of carbonyl (C=O) groups is 1. The molecule has 3 rings (SSSR count). The molecule has 0 amide bonds. The van der Waals surface area contributed by atoms with Gasteiger partial charge in [0, 0.05) is 17.3 Å². The maximum Gasteiger partial charge on any atom is 0.337 e. The Morgan fingerprint density at radius 2 is 2.08 bits per heavy atom. The minimum Gasteiger partial charge on any atom is -0.478 e. The SMILES string of the molecule is Cc1ccc(-c2nn3cc(C(=O)O)c(C(C)C)c3c(=O)[nH]2)cc1F. The molecule has 2 heterocycles. The Hall–Kier alpha value is -2.96. The second-order valence-corrected chi connectivity index (χ2v) is 5.98. The lowest BCUT2D eigenvalue weighted by molar-refractivity contribution is 0.0695. The van der Waals surface area contributed by atoms with E-state index in [1.165, 1.54) is 16.8 Å². The number of carboxylic acids is 1. The van der Waals surface area contributed by atoms with Crippen LogP contribution in [0.25, 0.3) is 16.9 Å². The van der Waals surface area contributed by atoms with Gasteiger partial charge in [-0.1, -0.05) is 26.0 Å². The summed E-state index contributed by atoms with van der Waals surface area (Å²) in [6, 6.07) is 4.52. The molecule has 1 aromatic carbocycles. The highest BCUT2D eigenvalue weighted by Gasteiger charge is 2.22. The van der Waals surface area contributed by atoms with Gasteiger partial charge in [-0.25, -0.2) is 13.7 Å². The molecule has 24 heavy (non-hydrogen) atoms. The van der Waals surface area contributed by atoms with Crippen molar-refractivity contribution in [3.63, 3.8) is 0 Å². The minimum absolute atomic E-state index is 0.0373. The molecule has 0 saturated carbocycles. The number of rotatable bonds is 3. The van der Waals surface area contributed by atoms with Crippen LogP contribution >= 0.6 is 0 Å². The van der Waals surface area contributed by atoms with Crippen LogP contribution in [0.3, 0.4) is 0 Å². The number of aromatic nitrogens is 3. The first kappa shape index (κ1) is 15.9. The second kappa shape index (κ2) is 5.59. The van der Waals surface area contributed by atoms with Gasteiger partial charge in [0.2, 0.25) is 0 Å². The highest BCUT2D eigenvalue weighted by Crippen LogP contribution is 2.25. The van der Waals surface area contributed by atoms with Crippen molar-refractivity contribution in [2.75, 3.05) is 0 Å². The second-order valence-electron chi connectivity index (χ2n) is 5.98. The van der Waals surface area contributed by atoms with E-state index in [-0.39, 0.29) is 22.8 Å². The number of hydrogen-bond donors (Lipinski definition) is 2. The summed E-state index contributed by atoms with van der Waals surface area (Å²) in [5.41, 5.74) is 1.09.